The van der Waals surface area contributed by atoms with Crippen LogP contribution in [-0.2, 0) is 6.54 Å². The lowest BCUT2D eigenvalue weighted by atomic mass is 9.80. The maximum absolute atomic E-state index is 13.5. The molecule has 2 heteroatoms. The zero-order chi connectivity index (χ0) is 13.9. The Balaban J connectivity index is 1.93. The van der Waals surface area contributed by atoms with Gasteiger partial charge in [-0.05, 0) is 60.2 Å². The Morgan fingerprint density at radius 3 is 2.45 bits per heavy atom. The first kappa shape index (κ1) is 13.3. The van der Waals surface area contributed by atoms with E-state index in [2.05, 4.69) is 29.6 Å². The Labute approximate surface area is 119 Å². The predicted octanol–water partition coefficient (Wildman–Crippen LogP) is 4.48. The fourth-order valence-electron chi connectivity index (χ4n) is 2.84. The van der Waals surface area contributed by atoms with Crippen LogP contribution in [0.2, 0.25) is 0 Å². The van der Waals surface area contributed by atoms with E-state index in [1.165, 1.54) is 30.9 Å². The molecule has 0 unspecified atom stereocenters. The zero-order valence-electron chi connectivity index (χ0n) is 11.8. The molecule has 20 heavy (non-hydrogen) atoms. The van der Waals surface area contributed by atoms with Gasteiger partial charge in [0.1, 0.15) is 5.82 Å². The van der Waals surface area contributed by atoms with Crippen LogP contribution in [0.1, 0.15) is 36.3 Å². The van der Waals surface area contributed by atoms with Gasteiger partial charge in [-0.25, -0.2) is 4.39 Å². The van der Waals surface area contributed by atoms with E-state index >= 15 is 0 Å². The van der Waals surface area contributed by atoms with E-state index < -0.39 is 0 Å². The molecule has 1 saturated carbocycles. The monoisotopic (exact) mass is 269 g/mol. The molecular weight excluding hydrogens is 249 g/mol. The Kier molecular flexibility index (Phi) is 3.83. The first-order valence-electron chi connectivity index (χ1n) is 7.31. The van der Waals surface area contributed by atoms with Crippen LogP contribution in [0.5, 0.6) is 0 Å². The lowest BCUT2D eigenvalue weighted by molar-refractivity contribution is 0.420. The highest BCUT2D eigenvalue weighted by atomic mass is 19.1. The highest BCUT2D eigenvalue weighted by Crippen LogP contribution is 2.37. The van der Waals surface area contributed by atoms with Gasteiger partial charge in [0.15, 0.2) is 0 Å². The maximum atomic E-state index is 13.5. The van der Waals surface area contributed by atoms with E-state index in [1.54, 1.807) is 6.07 Å². The molecule has 0 radical (unpaired) electrons. The topological polar surface area (TPSA) is 12.0 Å². The standard InChI is InChI=1S/C18H20FN/c1-20-12-16-9-10-17(19)11-18(16)15-7-5-14(6-8-15)13-3-2-4-13/h5-11,13,20H,2-4,12H2,1H3. The second-order valence-corrected chi connectivity index (χ2v) is 5.58. The van der Waals surface area contributed by atoms with Gasteiger partial charge >= 0.3 is 0 Å². The van der Waals surface area contributed by atoms with Gasteiger partial charge in [0.2, 0.25) is 0 Å². The number of halogens is 1. The number of nitrogens with one attached hydrogen (secondary N) is 1. The lowest BCUT2D eigenvalue weighted by Crippen LogP contribution is -2.08. The van der Waals surface area contributed by atoms with Crippen molar-refractivity contribution in [3.8, 4) is 11.1 Å². The summed E-state index contributed by atoms with van der Waals surface area (Å²) in [5.74, 6) is 0.566. The zero-order valence-corrected chi connectivity index (χ0v) is 11.8. The van der Waals surface area contributed by atoms with E-state index in [-0.39, 0.29) is 5.82 Å². The molecule has 0 amide bonds. The Morgan fingerprint density at radius 2 is 1.85 bits per heavy atom. The minimum atomic E-state index is -0.178. The van der Waals surface area contributed by atoms with Gasteiger partial charge in [-0.1, -0.05) is 36.8 Å². The molecule has 2 aromatic carbocycles. The fourth-order valence-corrected chi connectivity index (χ4v) is 2.84. The third-order valence-electron chi connectivity index (χ3n) is 4.24. The van der Waals surface area contributed by atoms with Gasteiger partial charge in [0, 0.05) is 6.54 Å². The van der Waals surface area contributed by atoms with Crippen LogP contribution < -0.4 is 5.32 Å². The maximum Gasteiger partial charge on any atom is 0.123 e. The van der Waals surface area contributed by atoms with Gasteiger partial charge in [0.25, 0.3) is 0 Å². The summed E-state index contributed by atoms with van der Waals surface area (Å²) in [6.07, 6.45) is 3.97. The smallest absolute Gasteiger partial charge is 0.123 e. The predicted molar refractivity (Wildman–Crippen MR) is 81.2 cm³/mol. The van der Waals surface area contributed by atoms with Crippen molar-refractivity contribution < 1.29 is 4.39 Å². The average Bonchev–Trinajstić information content (AvgIpc) is 2.40. The van der Waals surface area contributed by atoms with Crippen LogP contribution in [0.4, 0.5) is 4.39 Å². The summed E-state index contributed by atoms with van der Waals surface area (Å²) < 4.78 is 13.5. The normalized spacial score (nSPS) is 15.1. The van der Waals surface area contributed by atoms with Gasteiger partial charge in [-0.3, -0.25) is 0 Å². The lowest BCUT2D eigenvalue weighted by Gasteiger charge is -2.25. The molecule has 104 valence electrons. The SMILES string of the molecule is CNCc1ccc(F)cc1-c1ccc(C2CCC2)cc1. The molecule has 2 aromatic rings. The molecule has 1 fully saturated rings. The largest absolute Gasteiger partial charge is 0.316 e. The third kappa shape index (κ3) is 2.61. The van der Waals surface area contributed by atoms with Crippen molar-refractivity contribution in [1.82, 2.24) is 5.32 Å². The number of hydrogen-bond acceptors (Lipinski definition) is 1. The number of benzene rings is 2. The summed E-state index contributed by atoms with van der Waals surface area (Å²) in [4.78, 5) is 0. The second-order valence-electron chi connectivity index (χ2n) is 5.58. The molecule has 0 aromatic heterocycles. The van der Waals surface area contributed by atoms with Gasteiger partial charge in [0.05, 0.1) is 0 Å². The second kappa shape index (κ2) is 5.76. The van der Waals surface area contributed by atoms with Gasteiger partial charge in [-0.15, -0.1) is 0 Å². The van der Waals surface area contributed by atoms with Crippen LogP contribution >= 0.6 is 0 Å². The molecule has 1 aliphatic carbocycles. The van der Waals surface area contributed by atoms with Gasteiger partial charge < -0.3 is 5.32 Å². The van der Waals surface area contributed by atoms with Crippen molar-refractivity contribution in [3.63, 3.8) is 0 Å². The fraction of sp³-hybridized carbons (Fsp3) is 0.333. The average molecular weight is 269 g/mol. The minimum absolute atomic E-state index is 0.178. The summed E-state index contributed by atoms with van der Waals surface area (Å²) in [5, 5.41) is 3.14. The van der Waals surface area contributed by atoms with Crippen LogP contribution in [0.15, 0.2) is 42.5 Å². The van der Waals surface area contributed by atoms with E-state index in [9.17, 15) is 4.39 Å². The highest BCUT2D eigenvalue weighted by Gasteiger charge is 2.19. The summed E-state index contributed by atoms with van der Waals surface area (Å²) in [6, 6.07) is 13.7. The quantitative estimate of drug-likeness (QED) is 0.863. The Hall–Kier alpha value is -1.67. The highest BCUT2D eigenvalue weighted by molar-refractivity contribution is 5.67. The van der Waals surface area contributed by atoms with Crippen molar-refractivity contribution in [2.24, 2.45) is 0 Å². The summed E-state index contributed by atoms with van der Waals surface area (Å²) in [5.41, 5.74) is 4.63. The first-order chi connectivity index (χ1) is 9.78. The van der Waals surface area contributed by atoms with Crippen LogP contribution in [0, 0.1) is 5.82 Å². The molecule has 0 heterocycles. The molecular formula is C18H20FN. The molecule has 1 nitrogen and oxygen atoms in total. The van der Waals surface area contributed by atoms with Crippen LogP contribution in [-0.4, -0.2) is 7.05 Å². The summed E-state index contributed by atoms with van der Waals surface area (Å²) >= 11 is 0. The first-order valence-corrected chi connectivity index (χ1v) is 7.31. The molecule has 0 saturated heterocycles. The van der Waals surface area contributed by atoms with Gasteiger partial charge in [-0.2, -0.15) is 0 Å². The van der Waals surface area contributed by atoms with Crippen molar-refractivity contribution in [2.75, 3.05) is 7.05 Å². The van der Waals surface area contributed by atoms with Crippen molar-refractivity contribution in [2.45, 2.75) is 31.7 Å². The Bertz CT molecular complexity index is 585. The third-order valence-corrected chi connectivity index (χ3v) is 4.24. The molecule has 3 rings (SSSR count). The molecule has 0 spiro atoms. The summed E-state index contributed by atoms with van der Waals surface area (Å²) in [6.45, 7) is 0.750. The minimum Gasteiger partial charge on any atom is -0.316 e. The van der Waals surface area contributed by atoms with Crippen molar-refractivity contribution in [3.05, 3.63) is 59.4 Å². The molecule has 1 N–H and O–H groups in total. The van der Waals surface area contributed by atoms with E-state index in [1.807, 2.05) is 13.1 Å². The summed E-state index contributed by atoms with van der Waals surface area (Å²) in [7, 11) is 1.91. The van der Waals surface area contributed by atoms with E-state index in [0.717, 1.165) is 29.2 Å². The number of rotatable bonds is 4. The van der Waals surface area contributed by atoms with Crippen molar-refractivity contribution in [1.29, 1.82) is 0 Å². The van der Waals surface area contributed by atoms with E-state index in [0.29, 0.717) is 0 Å². The van der Waals surface area contributed by atoms with E-state index in [4.69, 9.17) is 0 Å². The van der Waals surface area contributed by atoms with Crippen LogP contribution in [0.3, 0.4) is 0 Å². The van der Waals surface area contributed by atoms with Crippen molar-refractivity contribution >= 4 is 0 Å². The molecule has 1 aliphatic rings. The molecule has 0 aliphatic heterocycles. The molecule has 0 atom stereocenters. The number of hydrogen-bond donors (Lipinski definition) is 1. The Morgan fingerprint density at radius 1 is 1.10 bits per heavy atom. The van der Waals surface area contributed by atoms with Crippen LogP contribution in [0.25, 0.3) is 11.1 Å². The molecule has 0 bridgehead atoms.